The van der Waals surface area contributed by atoms with Crippen molar-refractivity contribution in [3.63, 3.8) is 0 Å². The molecule has 2 aromatic rings. The van der Waals surface area contributed by atoms with Gasteiger partial charge in [0.1, 0.15) is 16.7 Å². The molecule has 0 fully saturated rings. The molecule has 6 nitrogen and oxygen atoms in total. The maximum absolute atomic E-state index is 13.2. The van der Waals surface area contributed by atoms with Gasteiger partial charge >= 0.3 is 0 Å². The Balaban J connectivity index is 2.38. The molecule has 0 heterocycles. The Bertz CT molecular complexity index is 941. The molecule has 0 aliphatic carbocycles. The molecule has 0 spiro atoms. The van der Waals surface area contributed by atoms with E-state index in [-0.39, 0.29) is 29.5 Å². The lowest BCUT2D eigenvalue weighted by Crippen LogP contribution is -2.48. The van der Waals surface area contributed by atoms with Crippen LogP contribution in [0.4, 0.5) is 0 Å². The minimum Gasteiger partial charge on any atom is -0.495 e. The van der Waals surface area contributed by atoms with E-state index < -0.39 is 22.0 Å². The van der Waals surface area contributed by atoms with Gasteiger partial charge < -0.3 is 10.1 Å². The molecule has 0 aliphatic heterocycles. The van der Waals surface area contributed by atoms with E-state index in [0.717, 1.165) is 11.1 Å². The number of ether oxygens (including phenoxy) is 1. The van der Waals surface area contributed by atoms with Crippen molar-refractivity contribution >= 4 is 15.9 Å². The summed E-state index contributed by atoms with van der Waals surface area (Å²) in [6.45, 7) is 7.78. The second-order valence-corrected chi connectivity index (χ2v) is 8.64. The second kappa shape index (κ2) is 10.2. The van der Waals surface area contributed by atoms with Crippen molar-refractivity contribution in [3.8, 4) is 5.75 Å². The first-order valence-corrected chi connectivity index (χ1v) is 10.9. The van der Waals surface area contributed by atoms with E-state index in [4.69, 9.17) is 4.74 Å². The molecule has 7 heteroatoms. The number of methoxy groups -OCH3 is 1. The summed E-state index contributed by atoms with van der Waals surface area (Å²) in [5.74, 6) is -0.0472. The summed E-state index contributed by atoms with van der Waals surface area (Å²) in [5.41, 5.74) is 1.71. The van der Waals surface area contributed by atoms with Gasteiger partial charge in [0.15, 0.2) is 0 Å². The van der Waals surface area contributed by atoms with E-state index in [1.807, 2.05) is 50.2 Å². The van der Waals surface area contributed by atoms with Crippen molar-refractivity contribution in [3.05, 3.63) is 72.3 Å². The van der Waals surface area contributed by atoms with Crippen molar-refractivity contribution in [2.45, 2.75) is 37.1 Å². The Hall–Kier alpha value is -2.64. The number of hydrogen-bond acceptors (Lipinski definition) is 4. The summed E-state index contributed by atoms with van der Waals surface area (Å²) in [6.07, 6.45) is 1.76. The molecule has 0 radical (unpaired) electrons. The van der Waals surface area contributed by atoms with Crippen LogP contribution in [0, 0.1) is 0 Å². The molecule has 2 rings (SSSR count). The average molecular weight is 417 g/mol. The first-order valence-electron chi connectivity index (χ1n) is 9.41. The summed E-state index contributed by atoms with van der Waals surface area (Å²) < 4.78 is 34.2. The number of benzene rings is 2. The van der Waals surface area contributed by atoms with Crippen molar-refractivity contribution < 1.29 is 17.9 Å². The molecule has 2 N–H and O–H groups in total. The molecule has 0 saturated carbocycles. The van der Waals surface area contributed by atoms with Gasteiger partial charge in [-0.3, -0.25) is 4.79 Å². The van der Waals surface area contributed by atoms with Crippen molar-refractivity contribution in [1.82, 2.24) is 10.0 Å². The van der Waals surface area contributed by atoms with E-state index in [0.29, 0.717) is 0 Å². The highest BCUT2D eigenvalue weighted by Crippen LogP contribution is 2.28. The Labute approximate surface area is 173 Å². The Morgan fingerprint density at radius 2 is 1.86 bits per heavy atom. The number of sulfonamides is 1. The Kier molecular flexibility index (Phi) is 7.99. The van der Waals surface area contributed by atoms with Gasteiger partial charge in [0.05, 0.1) is 7.11 Å². The molecule has 1 amide bonds. The second-order valence-electron chi connectivity index (χ2n) is 6.96. The van der Waals surface area contributed by atoms with Crippen molar-refractivity contribution in [1.29, 1.82) is 0 Å². The van der Waals surface area contributed by atoms with Crippen LogP contribution < -0.4 is 14.8 Å². The van der Waals surface area contributed by atoms with Crippen LogP contribution >= 0.6 is 0 Å². The highest BCUT2D eigenvalue weighted by molar-refractivity contribution is 7.89. The number of amides is 1. The summed E-state index contributed by atoms with van der Waals surface area (Å²) in [7, 11) is -2.59. The third-order valence-corrected chi connectivity index (χ3v) is 5.95. The molecule has 1 unspecified atom stereocenters. The number of carbonyl (C=O) groups is 1. The lowest BCUT2D eigenvalue weighted by atomic mass is 10.0. The normalized spacial score (nSPS) is 12.4. The van der Waals surface area contributed by atoms with Gasteiger partial charge in [-0.1, -0.05) is 56.3 Å². The average Bonchev–Trinajstić information content (AvgIpc) is 2.71. The molecule has 0 aliphatic rings. The zero-order valence-corrected chi connectivity index (χ0v) is 17.8. The minimum atomic E-state index is -4.01. The van der Waals surface area contributed by atoms with Crippen LogP contribution in [0.5, 0.6) is 5.75 Å². The fourth-order valence-electron chi connectivity index (χ4n) is 2.85. The van der Waals surface area contributed by atoms with Crippen LogP contribution in [0.1, 0.15) is 30.9 Å². The van der Waals surface area contributed by atoms with Crippen LogP contribution in [0.3, 0.4) is 0 Å². The van der Waals surface area contributed by atoms with E-state index in [9.17, 15) is 13.2 Å². The van der Waals surface area contributed by atoms with Crippen LogP contribution in [0.15, 0.2) is 66.1 Å². The van der Waals surface area contributed by atoms with Crippen LogP contribution in [0.25, 0.3) is 0 Å². The third-order valence-electron chi connectivity index (χ3n) is 4.46. The molecular weight excluding hydrogens is 388 g/mol. The van der Waals surface area contributed by atoms with Gasteiger partial charge in [0.2, 0.25) is 15.9 Å². The lowest BCUT2D eigenvalue weighted by Gasteiger charge is -2.20. The SMILES string of the molecule is C=CCNC(=O)C(Cc1ccccc1)NS(=O)(=O)c1cc(C(C)C)ccc1OC. The number of nitrogens with one attached hydrogen (secondary N) is 2. The smallest absolute Gasteiger partial charge is 0.245 e. The highest BCUT2D eigenvalue weighted by atomic mass is 32.2. The zero-order valence-electron chi connectivity index (χ0n) is 17.0. The third kappa shape index (κ3) is 6.17. The maximum Gasteiger partial charge on any atom is 0.245 e. The van der Waals surface area contributed by atoms with E-state index in [1.54, 1.807) is 18.2 Å². The topological polar surface area (TPSA) is 84.5 Å². The largest absolute Gasteiger partial charge is 0.495 e. The van der Waals surface area contributed by atoms with Gasteiger partial charge in [-0.2, -0.15) is 4.72 Å². The number of carbonyl (C=O) groups excluding carboxylic acids is 1. The molecule has 0 saturated heterocycles. The first-order chi connectivity index (χ1) is 13.8. The van der Waals surface area contributed by atoms with Gasteiger partial charge in [0.25, 0.3) is 0 Å². The fourth-order valence-corrected chi connectivity index (χ4v) is 4.25. The molecule has 1 atom stereocenters. The monoisotopic (exact) mass is 416 g/mol. The molecule has 2 aromatic carbocycles. The van der Waals surface area contributed by atoms with Gasteiger partial charge in [-0.25, -0.2) is 8.42 Å². The number of hydrogen-bond donors (Lipinski definition) is 2. The van der Waals surface area contributed by atoms with E-state index in [1.165, 1.54) is 7.11 Å². The fraction of sp³-hybridized carbons (Fsp3) is 0.318. The van der Waals surface area contributed by atoms with Crippen molar-refractivity contribution in [2.75, 3.05) is 13.7 Å². The van der Waals surface area contributed by atoms with Crippen LogP contribution in [0.2, 0.25) is 0 Å². The molecule has 0 aromatic heterocycles. The quantitative estimate of drug-likeness (QED) is 0.583. The summed E-state index contributed by atoms with van der Waals surface area (Å²) in [6, 6.07) is 13.3. The number of rotatable bonds is 10. The lowest BCUT2D eigenvalue weighted by molar-refractivity contribution is -0.122. The van der Waals surface area contributed by atoms with Crippen LogP contribution in [-0.2, 0) is 21.2 Å². The standard InChI is InChI=1S/C22H28N2O4S/c1-5-13-23-22(25)19(14-17-9-7-6-8-10-17)24-29(26,27)21-15-18(16(2)3)11-12-20(21)28-4/h5-12,15-16,19,24H,1,13-14H2,2-4H3,(H,23,25). The minimum absolute atomic E-state index is 0.0146. The Morgan fingerprint density at radius 1 is 1.17 bits per heavy atom. The summed E-state index contributed by atoms with van der Waals surface area (Å²) >= 11 is 0. The maximum atomic E-state index is 13.2. The van der Waals surface area contributed by atoms with E-state index in [2.05, 4.69) is 16.6 Å². The first kappa shape index (κ1) is 22.6. The molecule has 29 heavy (non-hydrogen) atoms. The molecule has 156 valence electrons. The van der Waals surface area contributed by atoms with Gasteiger partial charge in [0, 0.05) is 6.54 Å². The van der Waals surface area contributed by atoms with Gasteiger partial charge in [-0.15, -0.1) is 6.58 Å². The zero-order chi connectivity index (χ0) is 21.4. The Morgan fingerprint density at radius 3 is 2.45 bits per heavy atom. The van der Waals surface area contributed by atoms with Crippen molar-refractivity contribution in [2.24, 2.45) is 0 Å². The summed E-state index contributed by atoms with van der Waals surface area (Å²) in [4.78, 5) is 12.6. The van der Waals surface area contributed by atoms with Gasteiger partial charge in [-0.05, 0) is 35.6 Å². The highest BCUT2D eigenvalue weighted by Gasteiger charge is 2.28. The molecular formula is C22H28N2O4S. The van der Waals surface area contributed by atoms with E-state index >= 15 is 0 Å². The predicted molar refractivity (Wildman–Crippen MR) is 115 cm³/mol. The summed E-state index contributed by atoms with van der Waals surface area (Å²) in [5, 5.41) is 2.67. The molecule has 0 bridgehead atoms. The predicted octanol–water partition coefficient (Wildman–Crippen LogP) is 3.01. The van der Waals surface area contributed by atoms with Crippen LogP contribution in [-0.4, -0.2) is 34.0 Å².